The maximum absolute atomic E-state index is 13.6. The van der Waals surface area contributed by atoms with Gasteiger partial charge < -0.3 is 10.2 Å². The Labute approximate surface area is 155 Å². The smallest absolute Gasteiger partial charge is 0.285 e. The summed E-state index contributed by atoms with van der Waals surface area (Å²) in [5.74, 6) is -1.56. The summed E-state index contributed by atoms with van der Waals surface area (Å²) >= 11 is 0. The van der Waals surface area contributed by atoms with Crippen molar-refractivity contribution in [2.24, 2.45) is 4.40 Å². The maximum atomic E-state index is 13.6. The number of amides is 1. The van der Waals surface area contributed by atoms with E-state index in [4.69, 9.17) is 0 Å². The first kappa shape index (κ1) is 19.0. The van der Waals surface area contributed by atoms with E-state index in [-0.39, 0.29) is 35.8 Å². The maximum Gasteiger partial charge on any atom is 0.285 e. The monoisotopic (exact) mass is 393 g/mol. The Balaban J connectivity index is 1.60. The molecule has 1 aliphatic rings. The highest BCUT2D eigenvalue weighted by atomic mass is 32.2. The predicted octanol–water partition coefficient (Wildman–Crippen LogP) is 1.70. The van der Waals surface area contributed by atoms with E-state index < -0.39 is 27.6 Å². The van der Waals surface area contributed by atoms with Gasteiger partial charge in [-0.1, -0.05) is 18.2 Å². The van der Waals surface area contributed by atoms with Crippen molar-refractivity contribution in [2.75, 3.05) is 20.1 Å². The van der Waals surface area contributed by atoms with Crippen LogP contribution in [0.25, 0.3) is 0 Å². The summed E-state index contributed by atoms with van der Waals surface area (Å²) in [5, 5.41) is 2.57. The van der Waals surface area contributed by atoms with Crippen LogP contribution in [0.5, 0.6) is 0 Å². The van der Waals surface area contributed by atoms with Gasteiger partial charge in [-0.15, -0.1) is 4.40 Å². The Morgan fingerprint density at radius 3 is 2.48 bits per heavy atom. The van der Waals surface area contributed by atoms with Gasteiger partial charge in [-0.05, 0) is 30.7 Å². The number of fused-ring (bicyclic) bond motifs is 1. The number of benzene rings is 2. The fourth-order valence-corrected chi connectivity index (χ4v) is 4.06. The summed E-state index contributed by atoms with van der Waals surface area (Å²) in [7, 11) is -2.22. The molecule has 9 heteroatoms. The Morgan fingerprint density at radius 2 is 1.78 bits per heavy atom. The zero-order valence-corrected chi connectivity index (χ0v) is 15.3. The van der Waals surface area contributed by atoms with E-state index in [1.54, 1.807) is 25.2 Å². The second-order valence-electron chi connectivity index (χ2n) is 6.04. The lowest BCUT2D eigenvalue weighted by atomic mass is 10.1. The van der Waals surface area contributed by atoms with E-state index in [0.717, 1.165) is 12.1 Å². The molecule has 1 heterocycles. The van der Waals surface area contributed by atoms with E-state index in [9.17, 15) is 22.0 Å². The van der Waals surface area contributed by atoms with Gasteiger partial charge in [0.25, 0.3) is 10.0 Å². The standard InChI is InChI=1S/C18H17F2N3O3S/c1-23(18-13-5-2-3-8-16(13)27(25,26)22-18)11-17(24)21-10-9-12-14(19)6-4-7-15(12)20/h2-8H,9-11H2,1H3,(H,21,24). The molecule has 0 atom stereocenters. The number of halogens is 2. The van der Waals surface area contributed by atoms with Gasteiger partial charge in [-0.3, -0.25) is 4.79 Å². The van der Waals surface area contributed by atoms with Crippen LogP contribution in [0.3, 0.4) is 0 Å². The fraction of sp³-hybridized carbons (Fsp3) is 0.222. The molecule has 3 rings (SSSR count). The van der Waals surface area contributed by atoms with Gasteiger partial charge >= 0.3 is 0 Å². The van der Waals surface area contributed by atoms with Crippen molar-refractivity contribution in [2.45, 2.75) is 11.3 Å². The molecule has 142 valence electrons. The first-order valence-corrected chi connectivity index (χ1v) is 9.58. The van der Waals surface area contributed by atoms with Crippen LogP contribution >= 0.6 is 0 Å². The lowest BCUT2D eigenvalue weighted by molar-refractivity contribution is -0.121. The first-order chi connectivity index (χ1) is 12.8. The molecule has 1 aliphatic heterocycles. The van der Waals surface area contributed by atoms with Crippen molar-refractivity contribution < 1.29 is 22.0 Å². The third kappa shape index (κ3) is 3.97. The molecule has 0 fully saturated rings. The van der Waals surface area contributed by atoms with E-state index in [1.165, 1.54) is 17.0 Å². The van der Waals surface area contributed by atoms with Crippen LogP contribution in [0.2, 0.25) is 0 Å². The second-order valence-corrected chi connectivity index (χ2v) is 7.61. The highest BCUT2D eigenvalue weighted by Gasteiger charge is 2.30. The zero-order valence-electron chi connectivity index (χ0n) is 14.4. The summed E-state index contributed by atoms with van der Waals surface area (Å²) in [5.41, 5.74) is 0.340. The Kier molecular flexibility index (Phi) is 5.22. The number of nitrogens with zero attached hydrogens (tertiary/aromatic N) is 2. The molecular weight excluding hydrogens is 376 g/mol. The molecular formula is C18H17F2N3O3S. The molecule has 2 aromatic carbocycles. The molecule has 0 radical (unpaired) electrons. The van der Waals surface area contributed by atoms with E-state index >= 15 is 0 Å². The minimum atomic E-state index is -3.77. The molecule has 0 spiro atoms. The molecule has 0 aliphatic carbocycles. The van der Waals surface area contributed by atoms with Crippen molar-refractivity contribution in [1.29, 1.82) is 0 Å². The average molecular weight is 393 g/mol. The third-order valence-electron chi connectivity index (χ3n) is 4.11. The SMILES string of the molecule is CN(CC(=O)NCCc1c(F)cccc1F)C1=NS(=O)(=O)c2ccccc21. The van der Waals surface area contributed by atoms with E-state index in [1.807, 2.05) is 0 Å². The summed E-state index contributed by atoms with van der Waals surface area (Å²) in [6.45, 7) is -0.103. The lowest BCUT2D eigenvalue weighted by Gasteiger charge is -2.18. The fourth-order valence-electron chi connectivity index (χ4n) is 2.81. The highest BCUT2D eigenvalue weighted by molar-refractivity contribution is 7.90. The molecule has 0 unspecified atom stereocenters. The quantitative estimate of drug-likeness (QED) is 0.839. The number of rotatable bonds is 5. The Hall–Kier alpha value is -2.81. The van der Waals surface area contributed by atoms with Crippen LogP contribution in [0.15, 0.2) is 51.8 Å². The van der Waals surface area contributed by atoms with Gasteiger partial charge in [0.05, 0.1) is 6.54 Å². The number of hydrogen-bond acceptors (Lipinski definition) is 4. The van der Waals surface area contributed by atoms with Crippen LogP contribution in [-0.2, 0) is 21.2 Å². The zero-order chi connectivity index (χ0) is 19.6. The van der Waals surface area contributed by atoms with Crippen LogP contribution in [0.4, 0.5) is 8.78 Å². The molecule has 2 aromatic rings. The summed E-state index contributed by atoms with van der Waals surface area (Å²) in [4.78, 5) is 13.6. The number of nitrogens with one attached hydrogen (secondary N) is 1. The number of sulfonamides is 1. The molecule has 1 N–H and O–H groups in total. The van der Waals surface area contributed by atoms with Gasteiger partial charge in [0.1, 0.15) is 16.5 Å². The number of carbonyl (C=O) groups is 1. The normalized spacial score (nSPS) is 14.4. The van der Waals surface area contributed by atoms with Crippen molar-refractivity contribution in [3.8, 4) is 0 Å². The third-order valence-corrected chi connectivity index (χ3v) is 5.44. The number of hydrogen-bond donors (Lipinski definition) is 1. The number of amidine groups is 1. The number of likely N-dealkylation sites (N-methyl/N-ethyl adjacent to an activating group) is 1. The minimum Gasteiger partial charge on any atom is -0.354 e. The van der Waals surface area contributed by atoms with E-state index in [0.29, 0.717) is 5.56 Å². The van der Waals surface area contributed by atoms with Gasteiger partial charge in [-0.25, -0.2) is 8.78 Å². The molecule has 0 aromatic heterocycles. The largest absolute Gasteiger partial charge is 0.354 e. The van der Waals surface area contributed by atoms with Crippen molar-refractivity contribution in [3.63, 3.8) is 0 Å². The van der Waals surface area contributed by atoms with Crippen molar-refractivity contribution in [1.82, 2.24) is 10.2 Å². The first-order valence-electron chi connectivity index (χ1n) is 8.14. The minimum absolute atomic E-state index is 0.00607. The molecule has 0 saturated heterocycles. The Bertz CT molecular complexity index is 1000. The molecule has 0 bridgehead atoms. The van der Waals surface area contributed by atoms with Crippen molar-refractivity contribution >= 4 is 21.8 Å². The van der Waals surface area contributed by atoms with Gasteiger partial charge in [0.15, 0.2) is 5.84 Å². The summed E-state index contributed by atoms with van der Waals surface area (Å²) in [6.07, 6.45) is 0.00607. The highest BCUT2D eigenvalue weighted by Crippen LogP contribution is 2.26. The van der Waals surface area contributed by atoms with Gasteiger partial charge in [-0.2, -0.15) is 8.42 Å². The summed E-state index contributed by atoms with van der Waals surface area (Å²) < 4.78 is 55.0. The van der Waals surface area contributed by atoms with Crippen LogP contribution in [0.1, 0.15) is 11.1 Å². The molecule has 1 amide bonds. The molecule has 6 nitrogen and oxygen atoms in total. The topological polar surface area (TPSA) is 78.8 Å². The summed E-state index contributed by atoms with van der Waals surface area (Å²) in [6, 6.07) is 9.95. The van der Waals surface area contributed by atoms with Gasteiger partial charge in [0, 0.05) is 24.7 Å². The number of carbonyl (C=O) groups excluding carboxylic acids is 1. The predicted molar refractivity (Wildman–Crippen MR) is 95.9 cm³/mol. The van der Waals surface area contributed by atoms with Crippen molar-refractivity contribution in [3.05, 3.63) is 65.2 Å². The van der Waals surface area contributed by atoms with Crippen LogP contribution < -0.4 is 5.32 Å². The van der Waals surface area contributed by atoms with Gasteiger partial charge in [0.2, 0.25) is 5.91 Å². The van der Waals surface area contributed by atoms with Crippen LogP contribution in [-0.4, -0.2) is 45.2 Å². The second kappa shape index (κ2) is 7.43. The lowest BCUT2D eigenvalue weighted by Crippen LogP contribution is -2.39. The Morgan fingerprint density at radius 1 is 1.11 bits per heavy atom. The average Bonchev–Trinajstić information content (AvgIpc) is 2.89. The molecule has 27 heavy (non-hydrogen) atoms. The van der Waals surface area contributed by atoms with E-state index in [2.05, 4.69) is 9.71 Å². The molecule has 0 saturated carbocycles. The van der Waals surface area contributed by atoms with Crippen LogP contribution in [0, 0.1) is 11.6 Å².